The van der Waals surface area contributed by atoms with Gasteiger partial charge in [0.05, 0.1) is 10.6 Å². The number of benzene rings is 1. The minimum Gasteiger partial charge on any atom is -0.385 e. The number of rotatable bonds is 4. The van der Waals surface area contributed by atoms with E-state index in [1.165, 1.54) is 0 Å². The molecule has 1 fully saturated rings. The smallest absolute Gasteiger partial charge is 0.148 e. The zero-order chi connectivity index (χ0) is 14.8. The van der Waals surface area contributed by atoms with Gasteiger partial charge in [-0.25, -0.2) is 4.39 Å². The third-order valence-electron chi connectivity index (χ3n) is 3.99. The fraction of sp³-hybridized carbons (Fsp3) is 0.600. The average molecular weight is 366 g/mol. The Kier molecular flexibility index (Phi) is 5.46. The van der Waals surface area contributed by atoms with E-state index in [1.54, 1.807) is 12.1 Å². The number of ether oxygens (including phenoxy) is 1. The maximum absolute atomic E-state index is 14.3. The molecule has 20 heavy (non-hydrogen) atoms. The van der Waals surface area contributed by atoms with Gasteiger partial charge in [0, 0.05) is 16.6 Å². The van der Waals surface area contributed by atoms with Gasteiger partial charge in [0.1, 0.15) is 11.9 Å². The molecule has 1 unspecified atom stereocenters. The van der Waals surface area contributed by atoms with E-state index in [4.69, 9.17) is 16.3 Å². The summed E-state index contributed by atoms with van der Waals surface area (Å²) in [5.74, 6) is -0.571. The summed E-state index contributed by atoms with van der Waals surface area (Å²) in [7, 11) is 0. The van der Waals surface area contributed by atoms with Crippen molar-refractivity contribution in [3.63, 3.8) is 0 Å². The van der Waals surface area contributed by atoms with Gasteiger partial charge in [-0.05, 0) is 41.8 Å². The van der Waals surface area contributed by atoms with E-state index in [1.807, 2.05) is 6.92 Å². The first-order valence-corrected chi connectivity index (χ1v) is 8.14. The van der Waals surface area contributed by atoms with Crippen LogP contribution in [0.25, 0.3) is 0 Å². The van der Waals surface area contributed by atoms with E-state index in [2.05, 4.69) is 15.9 Å². The van der Waals surface area contributed by atoms with Crippen molar-refractivity contribution in [1.29, 1.82) is 0 Å². The molecule has 0 spiro atoms. The maximum atomic E-state index is 14.3. The normalized spacial score (nSPS) is 19.9. The minimum absolute atomic E-state index is 0.00371. The first-order valence-electron chi connectivity index (χ1n) is 6.97. The number of halogens is 3. The second-order valence-corrected chi connectivity index (χ2v) is 6.46. The zero-order valence-corrected chi connectivity index (χ0v) is 13.8. The molecule has 5 heteroatoms. The van der Waals surface area contributed by atoms with Crippen LogP contribution in [0.3, 0.4) is 0 Å². The highest BCUT2D eigenvalue weighted by Crippen LogP contribution is 2.43. The predicted molar refractivity (Wildman–Crippen MR) is 81.5 cm³/mol. The summed E-state index contributed by atoms with van der Waals surface area (Å²) >= 11 is 9.10. The van der Waals surface area contributed by atoms with E-state index in [0.29, 0.717) is 11.1 Å². The van der Waals surface area contributed by atoms with Crippen LogP contribution in [0.15, 0.2) is 16.6 Å². The molecular weight excluding hydrogens is 347 g/mol. The summed E-state index contributed by atoms with van der Waals surface area (Å²) in [6, 6.07) is 3.23. The van der Waals surface area contributed by atoms with Crippen molar-refractivity contribution in [3.8, 4) is 0 Å². The molecule has 0 radical (unpaired) electrons. The van der Waals surface area contributed by atoms with Crippen molar-refractivity contribution in [3.05, 3.63) is 33.0 Å². The predicted octanol–water partition coefficient (Wildman–Crippen LogP) is 5.01. The van der Waals surface area contributed by atoms with Gasteiger partial charge in [-0.3, -0.25) is 0 Å². The fourth-order valence-corrected chi connectivity index (χ4v) is 3.45. The van der Waals surface area contributed by atoms with Crippen molar-refractivity contribution in [1.82, 2.24) is 0 Å². The Morgan fingerprint density at radius 1 is 1.40 bits per heavy atom. The van der Waals surface area contributed by atoms with Gasteiger partial charge >= 0.3 is 0 Å². The molecule has 0 aliphatic heterocycles. The van der Waals surface area contributed by atoms with Crippen LogP contribution >= 0.6 is 27.5 Å². The maximum Gasteiger partial charge on any atom is 0.148 e. The summed E-state index contributed by atoms with van der Waals surface area (Å²) in [5.41, 5.74) is -0.473. The van der Waals surface area contributed by atoms with Crippen molar-refractivity contribution in [2.75, 3.05) is 6.61 Å². The number of hydrogen-bond donors (Lipinski definition) is 1. The molecule has 0 bridgehead atoms. The van der Waals surface area contributed by atoms with Gasteiger partial charge in [-0.2, -0.15) is 0 Å². The Bertz CT molecular complexity index is 470. The van der Waals surface area contributed by atoms with Crippen LogP contribution in [-0.2, 0) is 4.74 Å². The highest BCUT2D eigenvalue weighted by molar-refractivity contribution is 9.10. The van der Waals surface area contributed by atoms with Crippen molar-refractivity contribution in [2.45, 2.75) is 50.7 Å². The van der Waals surface area contributed by atoms with Gasteiger partial charge in [-0.15, -0.1) is 0 Å². The standard InChI is InChI=1S/C15H19BrClFO2/c1-2-20-15(8-4-3-5-9-15)14(19)10-6-7-11(16)12(17)13(10)18/h6-7,14,19H,2-5,8-9H2,1H3. The third-order valence-corrected chi connectivity index (χ3v) is 5.25. The van der Waals surface area contributed by atoms with E-state index in [-0.39, 0.29) is 10.6 Å². The number of aliphatic hydroxyl groups excluding tert-OH is 1. The average Bonchev–Trinajstić information content (AvgIpc) is 2.46. The molecule has 0 heterocycles. The Morgan fingerprint density at radius 2 is 2.05 bits per heavy atom. The topological polar surface area (TPSA) is 29.5 Å². The van der Waals surface area contributed by atoms with Crippen LogP contribution in [0, 0.1) is 5.82 Å². The summed E-state index contributed by atoms with van der Waals surface area (Å²) in [6.45, 7) is 2.40. The third kappa shape index (κ3) is 3.03. The molecule has 112 valence electrons. The summed E-state index contributed by atoms with van der Waals surface area (Å²) in [4.78, 5) is 0. The van der Waals surface area contributed by atoms with E-state index in [9.17, 15) is 9.50 Å². The molecule has 2 nitrogen and oxygen atoms in total. The first kappa shape index (κ1) is 16.2. The molecule has 1 atom stereocenters. The lowest BCUT2D eigenvalue weighted by atomic mass is 9.78. The van der Waals surface area contributed by atoms with Crippen LogP contribution < -0.4 is 0 Å². The van der Waals surface area contributed by atoms with E-state index >= 15 is 0 Å². The largest absolute Gasteiger partial charge is 0.385 e. The van der Waals surface area contributed by atoms with Crippen LogP contribution in [0.2, 0.25) is 5.02 Å². The highest BCUT2D eigenvalue weighted by atomic mass is 79.9. The monoisotopic (exact) mass is 364 g/mol. The highest BCUT2D eigenvalue weighted by Gasteiger charge is 2.42. The van der Waals surface area contributed by atoms with Crippen LogP contribution in [-0.4, -0.2) is 17.3 Å². The van der Waals surface area contributed by atoms with Gasteiger partial charge in [0.15, 0.2) is 0 Å². The molecule has 0 amide bonds. The Hall–Kier alpha value is -0.160. The zero-order valence-electron chi connectivity index (χ0n) is 11.5. The molecule has 1 saturated carbocycles. The lowest BCUT2D eigenvalue weighted by molar-refractivity contribution is -0.142. The summed E-state index contributed by atoms with van der Waals surface area (Å²) in [6.07, 6.45) is 3.61. The molecule has 1 aromatic rings. The number of aliphatic hydroxyl groups is 1. The van der Waals surface area contributed by atoms with Crippen LogP contribution in [0.4, 0.5) is 4.39 Å². The van der Waals surface area contributed by atoms with Crippen molar-refractivity contribution >= 4 is 27.5 Å². The Labute approximate surface area is 132 Å². The minimum atomic E-state index is -0.992. The molecule has 0 saturated heterocycles. The second kappa shape index (κ2) is 6.73. The SMILES string of the molecule is CCOC1(C(O)c2ccc(Br)c(Cl)c2F)CCCCC1. The molecule has 1 aliphatic rings. The lowest BCUT2D eigenvalue weighted by Gasteiger charge is -2.41. The van der Waals surface area contributed by atoms with Crippen LogP contribution in [0.5, 0.6) is 0 Å². The Morgan fingerprint density at radius 3 is 2.65 bits per heavy atom. The van der Waals surface area contributed by atoms with Gasteiger partial charge in [0.2, 0.25) is 0 Å². The summed E-state index contributed by atoms with van der Waals surface area (Å²) in [5, 5.41) is 10.7. The molecule has 1 aromatic carbocycles. The van der Waals surface area contributed by atoms with Crippen molar-refractivity contribution in [2.24, 2.45) is 0 Å². The Balaban J connectivity index is 2.37. The van der Waals surface area contributed by atoms with Gasteiger partial charge < -0.3 is 9.84 Å². The molecule has 1 aliphatic carbocycles. The first-order chi connectivity index (χ1) is 9.52. The van der Waals surface area contributed by atoms with Gasteiger partial charge in [-0.1, -0.05) is 36.9 Å². The quantitative estimate of drug-likeness (QED) is 0.760. The molecule has 0 aromatic heterocycles. The lowest BCUT2D eigenvalue weighted by Crippen LogP contribution is -2.41. The van der Waals surface area contributed by atoms with E-state index in [0.717, 1.165) is 32.1 Å². The summed E-state index contributed by atoms with van der Waals surface area (Å²) < 4.78 is 20.6. The van der Waals surface area contributed by atoms with Crippen LogP contribution in [0.1, 0.15) is 50.7 Å². The molecule has 2 rings (SSSR count). The second-order valence-electron chi connectivity index (χ2n) is 5.23. The van der Waals surface area contributed by atoms with E-state index < -0.39 is 17.5 Å². The molecular formula is C15H19BrClFO2. The number of hydrogen-bond acceptors (Lipinski definition) is 2. The van der Waals surface area contributed by atoms with Crippen molar-refractivity contribution < 1.29 is 14.2 Å². The van der Waals surface area contributed by atoms with Gasteiger partial charge in [0.25, 0.3) is 0 Å². The fourth-order valence-electron chi connectivity index (χ4n) is 2.97. The molecule has 1 N–H and O–H groups in total.